The largest absolute Gasteiger partial charge is 0.463 e. The van der Waals surface area contributed by atoms with Crippen LogP contribution in [0.25, 0.3) is 0 Å². The second kappa shape index (κ2) is 8.72. The highest BCUT2D eigenvalue weighted by molar-refractivity contribution is 5.99. The quantitative estimate of drug-likeness (QED) is 0.390. The zero-order valence-electron chi connectivity index (χ0n) is 14.0. The summed E-state index contributed by atoms with van der Waals surface area (Å²) in [5, 5.41) is 37.8. The van der Waals surface area contributed by atoms with Crippen LogP contribution in [0.3, 0.4) is 0 Å². The van der Waals surface area contributed by atoms with Gasteiger partial charge in [-0.3, -0.25) is 4.79 Å². The van der Waals surface area contributed by atoms with Crippen LogP contribution in [0, 0.1) is 6.92 Å². The van der Waals surface area contributed by atoms with Crippen LogP contribution in [0.1, 0.15) is 38.3 Å². The first-order valence-electron chi connectivity index (χ1n) is 7.86. The number of Topliss-reactive ketones (excluding diaryl/α,β-unsaturated/α-hetero) is 1. The molecule has 1 aromatic heterocycles. The van der Waals surface area contributed by atoms with E-state index in [-0.39, 0.29) is 22.9 Å². The number of ketones is 1. The third-order valence-corrected chi connectivity index (χ3v) is 3.78. The van der Waals surface area contributed by atoms with E-state index in [4.69, 9.17) is 14.3 Å². The normalized spacial score (nSPS) is 14.5. The number of aliphatic hydroxyl groups is 4. The molecule has 3 unspecified atom stereocenters. The summed E-state index contributed by atoms with van der Waals surface area (Å²) in [5.74, 6) is -1.27. The molecule has 0 fully saturated rings. The summed E-state index contributed by atoms with van der Waals surface area (Å²) in [6, 6.07) is 9.49. The molecule has 140 valence electrons. The Hall–Kier alpha value is -2.52. The van der Waals surface area contributed by atoms with E-state index in [0.717, 1.165) is 6.07 Å². The number of hydrogen-bond acceptors (Lipinski definition) is 8. The Kier molecular flexibility index (Phi) is 6.64. The van der Waals surface area contributed by atoms with E-state index in [2.05, 4.69) is 0 Å². The molecule has 0 radical (unpaired) electrons. The summed E-state index contributed by atoms with van der Waals surface area (Å²) in [4.78, 5) is 24.1. The van der Waals surface area contributed by atoms with Gasteiger partial charge >= 0.3 is 5.97 Å². The topological polar surface area (TPSA) is 137 Å². The Bertz CT molecular complexity index is 752. The van der Waals surface area contributed by atoms with Gasteiger partial charge in [-0.25, -0.2) is 4.79 Å². The van der Waals surface area contributed by atoms with Crippen LogP contribution in [-0.4, -0.2) is 57.6 Å². The fourth-order valence-electron chi connectivity index (χ4n) is 2.26. The number of rotatable bonds is 8. The summed E-state index contributed by atoms with van der Waals surface area (Å²) < 4.78 is 10.2. The summed E-state index contributed by atoms with van der Waals surface area (Å²) in [6.07, 6.45) is -4.92. The minimum atomic E-state index is -1.70. The molecule has 0 spiro atoms. The van der Waals surface area contributed by atoms with Crippen molar-refractivity contribution in [2.75, 3.05) is 13.2 Å². The third-order valence-electron chi connectivity index (χ3n) is 3.78. The Labute approximate surface area is 149 Å². The summed E-state index contributed by atoms with van der Waals surface area (Å²) >= 11 is 0. The molecule has 26 heavy (non-hydrogen) atoms. The minimum absolute atomic E-state index is 0.0226. The van der Waals surface area contributed by atoms with Gasteiger partial charge in [-0.2, -0.15) is 0 Å². The van der Waals surface area contributed by atoms with Gasteiger partial charge < -0.3 is 29.6 Å². The molecule has 0 aliphatic heterocycles. The van der Waals surface area contributed by atoms with Crippen LogP contribution in [0.2, 0.25) is 0 Å². The molecule has 1 aromatic carbocycles. The van der Waals surface area contributed by atoms with Crippen molar-refractivity contribution < 1.29 is 39.2 Å². The molecule has 0 aliphatic carbocycles. The maximum atomic E-state index is 12.1. The van der Waals surface area contributed by atoms with Crippen LogP contribution in [-0.2, 0) is 4.74 Å². The first kappa shape index (κ1) is 19.8. The van der Waals surface area contributed by atoms with Crippen molar-refractivity contribution in [3.8, 4) is 0 Å². The van der Waals surface area contributed by atoms with Crippen molar-refractivity contribution in [2.45, 2.75) is 25.2 Å². The summed E-state index contributed by atoms with van der Waals surface area (Å²) in [7, 11) is 0. The van der Waals surface area contributed by atoms with Crippen molar-refractivity contribution in [1.29, 1.82) is 0 Å². The van der Waals surface area contributed by atoms with Crippen molar-refractivity contribution in [3.05, 3.63) is 59.0 Å². The molecule has 1 heterocycles. The molecule has 2 rings (SSSR count). The summed E-state index contributed by atoms with van der Waals surface area (Å²) in [6.45, 7) is 0.228. The van der Waals surface area contributed by atoms with Gasteiger partial charge in [0.15, 0.2) is 12.4 Å². The molecule has 0 aliphatic rings. The second-order valence-electron chi connectivity index (χ2n) is 5.67. The molecule has 2 aromatic rings. The van der Waals surface area contributed by atoms with E-state index in [9.17, 15) is 24.9 Å². The molecule has 4 N–H and O–H groups in total. The number of ether oxygens (including phenoxy) is 1. The first-order valence-corrected chi connectivity index (χ1v) is 7.86. The highest BCUT2D eigenvalue weighted by Gasteiger charge is 2.30. The van der Waals surface area contributed by atoms with Gasteiger partial charge in [-0.05, 0) is 13.0 Å². The predicted octanol–water partition coefficient (Wildman–Crippen LogP) is 0.375. The highest BCUT2D eigenvalue weighted by Crippen LogP contribution is 2.25. The Balaban J connectivity index is 2.03. The average molecular weight is 364 g/mol. The van der Waals surface area contributed by atoms with Crippen LogP contribution in [0.5, 0.6) is 0 Å². The number of aliphatic hydroxyl groups excluding tert-OH is 4. The third kappa shape index (κ3) is 4.55. The van der Waals surface area contributed by atoms with E-state index in [1.807, 2.05) is 0 Å². The van der Waals surface area contributed by atoms with Crippen molar-refractivity contribution in [1.82, 2.24) is 0 Å². The molecule has 3 atom stereocenters. The zero-order chi connectivity index (χ0) is 19.3. The monoisotopic (exact) mass is 364 g/mol. The number of benzene rings is 1. The fourth-order valence-corrected chi connectivity index (χ4v) is 2.26. The molecular weight excluding hydrogens is 344 g/mol. The van der Waals surface area contributed by atoms with Crippen molar-refractivity contribution >= 4 is 11.8 Å². The molecule has 8 heteroatoms. The lowest BCUT2D eigenvalue weighted by Crippen LogP contribution is -2.34. The number of hydrogen-bond donors (Lipinski definition) is 4. The van der Waals surface area contributed by atoms with Gasteiger partial charge in [-0.15, -0.1) is 0 Å². The second-order valence-corrected chi connectivity index (χ2v) is 5.67. The number of furan rings is 1. The lowest BCUT2D eigenvalue weighted by Gasteiger charge is -2.19. The number of esters is 1. The smallest absolute Gasteiger partial charge is 0.342 e. The lowest BCUT2D eigenvalue weighted by molar-refractivity contribution is -0.0837. The number of carbonyl (C=O) groups is 2. The molecule has 0 bridgehead atoms. The van der Waals surface area contributed by atoms with Gasteiger partial charge in [-0.1, -0.05) is 30.3 Å². The van der Waals surface area contributed by atoms with Gasteiger partial charge in [0.25, 0.3) is 0 Å². The fraction of sp³-hybridized carbons (Fsp3) is 0.333. The van der Waals surface area contributed by atoms with Gasteiger partial charge in [0.1, 0.15) is 35.4 Å². The Morgan fingerprint density at radius 1 is 1.15 bits per heavy atom. The summed E-state index contributed by atoms with van der Waals surface area (Å²) in [5.41, 5.74) is 0.382. The Morgan fingerprint density at radius 3 is 2.42 bits per heavy atom. The maximum Gasteiger partial charge on any atom is 0.342 e. The lowest BCUT2D eigenvalue weighted by atomic mass is 10.1. The van der Waals surface area contributed by atoms with E-state index in [0.29, 0.717) is 5.56 Å². The van der Waals surface area contributed by atoms with E-state index < -0.39 is 37.5 Å². The predicted molar refractivity (Wildman–Crippen MR) is 88.6 cm³/mol. The van der Waals surface area contributed by atoms with Crippen molar-refractivity contribution in [2.24, 2.45) is 0 Å². The maximum absolute atomic E-state index is 12.1. The van der Waals surface area contributed by atoms with Crippen LogP contribution >= 0.6 is 0 Å². The molecule has 8 nitrogen and oxygen atoms in total. The molecule has 0 saturated carbocycles. The van der Waals surface area contributed by atoms with E-state index in [1.165, 1.54) is 6.92 Å². The van der Waals surface area contributed by atoms with Gasteiger partial charge in [0.2, 0.25) is 0 Å². The molecular formula is C18H20O8. The number of carbonyl (C=O) groups excluding carboxylic acids is 2. The first-order chi connectivity index (χ1) is 12.3. The van der Waals surface area contributed by atoms with Gasteiger partial charge in [0, 0.05) is 5.56 Å². The highest BCUT2D eigenvalue weighted by atomic mass is 16.5. The van der Waals surface area contributed by atoms with Gasteiger partial charge in [0.05, 0.1) is 6.61 Å². The van der Waals surface area contributed by atoms with Crippen LogP contribution in [0.15, 0.2) is 40.8 Å². The zero-order valence-corrected chi connectivity index (χ0v) is 14.0. The average Bonchev–Trinajstić information content (AvgIpc) is 3.06. The van der Waals surface area contributed by atoms with Crippen molar-refractivity contribution in [3.63, 3.8) is 0 Å². The minimum Gasteiger partial charge on any atom is -0.463 e. The molecule has 0 amide bonds. The van der Waals surface area contributed by atoms with Crippen LogP contribution in [0.4, 0.5) is 0 Å². The van der Waals surface area contributed by atoms with E-state index in [1.54, 1.807) is 30.3 Å². The van der Waals surface area contributed by atoms with E-state index >= 15 is 0 Å². The SMILES string of the molecule is Cc1oc(C(O)C(O)C(O)CO)cc1C(=O)OCC(=O)c1ccccc1. The molecule has 0 saturated heterocycles. The van der Waals surface area contributed by atoms with Crippen LogP contribution < -0.4 is 0 Å². The Morgan fingerprint density at radius 2 is 1.81 bits per heavy atom. The standard InChI is InChI=1S/C18H20O8/c1-10-12(7-15(26-10)17(23)16(22)13(20)8-19)18(24)25-9-14(21)11-5-3-2-4-6-11/h2-7,13,16-17,19-20,22-23H,8-9H2,1H3. The number of aryl methyl sites for hydroxylation is 1.